The standard InChI is InChI=1S/C32H44N6O7S/c1-22-17-38(23(2)20-39)32(41)27-16-26(35-31(40)25-11-13-33-14-12-25)9-10-28(27)45-24(3)8-6-7-15-44-29(22)18-37(5)46(42,43)30-19-36(4)21-34-30/h9-14,16,19,21-24,29,39H,6-8,15,17-18,20H2,1-5H3,(H,35,40)/t22-,23+,24+,29+/m0/s1. The summed E-state index contributed by atoms with van der Waals surface area (Å²) in [6.07, 6.45) is 7.36. The summed E-state index contributed by atoms with van der Waals surface area (Å²) < 4.78 is 41.9. The van der Waals surface area contributed by atoms with Gasteiger partial charge in [-0.1, -0.05) is 6.92 Å². The molecule has 3 heterocycles. The number of ether oxygens (including phenoxy) is 2. The molecule has 1 aliphatic rings. The van der Waals surface area contributed by atoms with E-state index in [1.54, 1.807) is 53.8 Å². The summed E-state index contributed by atoms with van der Waals surface area (Å²) in [6.45, 7) is 5.86. The number of fused-ring (bicyclic) bond motifs is 1. The van der Waals surface area contributed by atoms with Crippen molar-refractivity contribution < 1.29 is 32.6 Å². The second kappa shape index (κ2) is 15.6. The predicted molar refractivity (Wildman–Crippen MR) is 172 cm³/mol. The van der Waals surface area contributed by atoms with E-state index in [-0.39, 0.29) is 48.2 Å². The molecule has 4 atom stereocenters. The molecule has 0 saturated heterocycles. The van der Waals surface area contributed by atoms with Gasteiger partial charge < -0.3 is 29.4 Å². The maximum Gasteiger partial charge on any atom is 0.261 e. The van der Waals surface area contributed by atoms with Crippen molar-refractivity contribution in [3.05, 3.63) is 66.4 Å². The molecule has 2 N–H and O–H groups in total. The molecule has 0 saturated carbocycles. The van der Waals surface area contributed by atoms with Gasteiger partial charge in [0.1, 0.15) is 5.75 Å². The van der Waals surface area contributed by atoms with Gasteiger partial charge in [-0.05, 0) is 63.4 Å². The first-order valence-corrected chi connectivity index (χ1v) is 16.8. The SMILES string of the molecule is C[C@@H]1CCCCO[C@H](CN(C)S(=O)(=O)c2cn(C)cn2)[C@@H](C)CN([C@H](C)CO)C(=O)c2cc(NC(=O)c3ccncc3)ccc2O1. The number of pyridine rings is 1. The van der Waals surface area contributed by atoms with Crippen molar-refractivity contribution >= 4 is 27.5 Å². The molecule has 2 amide bonds. The zero-order chi connectivity index (χ0) is 33.4. The third-order valence-corrected chi connectivity index (χ3v) is 9.75. The summed E-state index contributed by atoms with van der Waals surface area (Å²) in [5.41, 5.74) is 1.05. The van der Waals surface area contributed by atoms with Gasteiger partial charge in [0.05, 0.1) is 36.7 Å². The number of rotatable bonds is 8. The zero-order valence-electron chi connectivity index (χ0n) is 27.0. The highest BCUT2D eigenvalue weighted by atomic mass is 32.2. The Morgan fingerprint density at radius 3 is 2.61 bits per heavy atom. The summed E-state index contributed by atoms with van der Waals surface area (Å²) in [5, 5.41) is 13.0. The fraction of sp³-hybridized carbons (Fsp3) is 0.500. The zero-order valence-corrected chi connectivity index (χ0v) is 27.8. The first kappa shape index (κ1) is 35.0. The van der Waals surface area contributed by atoms with Crippen LogP contribution in [0.2, 0.25) is 0 Å². The molecule has 1 aliphatic heterocycles. The van der Waals surface area contributed by atoms with Crippen LogP contribution in [0, 0.1) is 5.92 Å². The minimum Gasteiger partial charge on any atom is -0.490 e. The maximum absolute atomic E-state index is 14.3. The lowest BCUT2D eigenvalue weighted by Gasteiger charge is -2.35. The normalized spacial score (nSPS) is 20.8. The number of carbonyl (C=O) groups excluding carboxylic acids is 2. The monoisotopic (exact) mass is 656 g/mol. The van der Waals surface area contributed by atoms with Crippen LogP contribution in [-0.4, -0.2) is 101 Å². The molecule has 1 aromatic carbocycles. The molecule has 0 aliphatic carbocycles. The highest BCUT2D eigenvalue weighted by Gasteiger charge is 2.33. The van der Waals surface area contributed by atoms with Gasteiger partial charge in [-0.15, -0.1) is 0 Å². The number of nitrogens with zero attached hydrogens (tertiary/aromatic N) is 5. The van der Waals surface area contributed by atoms with Crippen LogP contribution in [0.5, 0.6) is 5.75 Å². The highest BCUT2D eigenvalue weighted by molar-refractivity contribution is 7.89. The fourth-order valence-electron chi connectivity index (χ4n) is 5.20. The lowest BCUT2D eigenvalue weighted by atomic mass is 10.0. The first-order chi connectivity index (χ1) is 21.9. The Labute approximate surface area is 270 Å². The third-order valence-electron chi connectivity index (χ3n) is 8.04. The summed E-state index contributed by atoms with van der Waals surface area (Å²) in [7, 11) is -0.696. The molecule has 14 heteroatoms. The molecule has 46 heavy (non-hydrogen) atoms. The Morgan fingerprint density at radius 2 is 1.93 bits per heavy atom. The molecule has 2 aromatic heterocycles. The Morgan fingerprint density at radius 1 is 1.20 bits per heavy atom. The molecule has 0 spiro atoms. The van der Waals surface area contributed by atoms with Gasteiger partial charge in [0, 0.05) is 69.6 Å². The quantitative estimate of drug-likeness (QED) is 0.372. The Hall–Kier alpha value is -3.85. The summed E-state index contributed by atoms with van der Waals surface area (Å²) in [6, 6.07) is 7.54. The number of hydrogen-bond donors (Lipinski definition) is 2. The number of anilines is 1. The average Bonchev–Trinajstić information content (AvgIpc) is 3.49. The third kappa shape index (κ3) is 8.69. The smallest absolute Gasteiger partial charge is 0.261 e. The van der Waals surface area contributed by atoms with E-state index >= 15 is 0 Å². The number of benzene rings is 1. The van der Waals surface area contributed by atoms with Gasteiger partial charge in [0.25, 0.3) is 21.8 Å². The van der Waals surface area contributed by atoms with Crippen LogP contribution in [0.1, 0.15) is 60.7 Å². The molecule has 4 rings (SSSR count). The van der Waals surface area contributed by atoms with Crippen molar-refractivity contribution in [3.8, 4) is 5.75 Å². The number of aromatic nitrogens is 3. The van der Waals surface area contributed by atoms with Gasteiger partial charge in [0.2, 0.25) is 0 Å². The van der Waals surface area contributed by atoms with Crippen LogP contribution < -0.4 is 10.1 Å². The molecular weight excluding hydrogens is 612 g/mol. The summed E-state index contributed by atoms with van der Waals surface area (Å²) in [5.74, 6) is -0.724. The van der Waals surface area contributed by atoms with Crippen LogP contribution >= 0.6 is 0 Å². The molecular formula is C32H44N6O7S. The van der Waals surface area contributed by atoms with E-state index < -0.39 is 28.1 Å². The largest absolute Gasteiger partial charge is 0.490 e. The molecule has 13 nitrogen and oxygen atoms in total. The van der Waals surface area contributed by atoms with E-state index in [0.717, 1.165) is 12.8 Å². The van der Waals surface area contributed by atoms with E-state index in [1.807, 2.05) is 13.8 Å². The average molecular weight is 657 g/mol. The summed E-state index contributed by atoms with van der Waals surface area (Å²) >= 11 is 0. The van der Waals surface area contributed by atoms with E-state index in [9.17, 15) is 23.1 Å². The molecule has 0 unspecified atom stereocenters. The lowest BCUT2D eigenvalue weighted by Crippen LogP contribution is -2.48. The minimum absolute atomic E-state index is 0.0386. The number of sulfonamides is 1. The fourth-order valence-corrected chi connectivity index (χ4v) is 6.35. The Bertz CT molecular complexity index is 1580. The maximum atomic E-state index is 14.3. The van der Waals surface area contributed by atoms with Crippen molar-refractivity contribution in [2.24, 2.45) is 13.0 Å². The second-order valence-corrected chi connectivity index (χ2v) is 13.9. The Balaban J connectivity index is 1.65. The van der Waals surface area contributed by atoms with Crippen molar-refractivity contribution in [1.29, 1.82) is 0 Å². The second-order valence-electron chi connectivity index (χ2n) is 11.9. The van der Waals surface area contributed by atoms with Crippen LogP contribution in [-0.2, 0) is 21.8 Å². The number of imidazole rings is 1. The van der Waals surface area contributed by atoms with Gasteiger partial charge >= 0.3 is 0 Å². The van der Waals surface area contributed by atoms with Crippen LogP contribution in [0.4, 0.5) is 5.69 Å². The van der Waals surface area contributed by atoms with Gasteiger partial charge in [-0.3, -0.25) is 14.6 Å². The molecule has 0 bridgehead atoms. The molecule has 0 radical (unpaired) electrons. The number of amides is 2. The Kier molecular flexibility index (Phi) is 11.9. The van der Waals surface area contributed by atoms with E-state index in [0.29, 0.717) is 30.0 Å². The van der Waals surface area contributed by atoms with E-state index in [4.69, 9.17) is 9.47 Å². The lowest BCUT2D eigenvalue weighted by molar-refractivity contribution is -0.00835. The molecule has 250 valence electrons. The van der Waals surface area contributed by atoms with Crippen LogP contribution in [0.3, 0.4) is 0 Å². The number of aryl methyl sites for hydroxylation is 1. The van der Waals surface area contributed by atoms with Crippen molar-refractivity contribution in [2.75, 3.05) is 38.7 Å². The minimum atomic E-state index is -3.88. The molecule has 3 aromatic rings. The van der Waals surface area contributed by atoms with Crippen molar-refractivity contribution in [2.45, 2.75) is 63.3 Å². The number of aliphatic hydroxyl groups excluding tert-OH is 1. The number of carbonyl (C=O) groups is 2. The van der Waals surface area contributed by atoms with E-state index in [1.165, 1.54) is 36.3 Å². The van der Waals surface area contributed by atoms with Crippen molar-refractivity contribution in [3.63, 3.8) is 0 Å². The number of likely N-dealkylation sites (N-methyl/N-ethyl adjacent to an activating group) is 1. The first-order valence-electron chi connectivity index (χ1n) is 15.4. The van der Waals surface area contributed by atoms with Crippen LogP contribution in [0.15, 0.2) is 60.3 Å². The predicted octanol–water partition coefficient (Wildman–Crippen LogP) is 3.18. The van der Waals surface area contributed by atoms with Crippen LogP contribution in [0.25, 0.3) is 0 Å². The molecule has 0 fully saturated rings. The number of aliphatic hydroxyl groups is 1. The topological polar surface area (TPSA) is 156 Å². The van der Waals surface area contributed by atoms with Gasteiger partial charge in [-0.2, -0.15) is 4.31 Å². The van der Waals surface area contributed by atoms with Gasteiger partial charge in [0.15, 0.2) is 5.03 Å². The highest BCUT2D eigenvalue weighted by Crippen LogP contribution is 2.29. The number of hydrogen-bond acceptors (Lipinski definition) is 9. The van der Waals surface area contributed by atoms with E-state index in [2.05, 4.69) is 15.3 Å². The van der Waals surface area contributed by atoms with Crippen molar-refractivity contribution in [1.82, 2.24) is 23.7 Å². The number of nitrogens with one attached hydrogen (secondary N) is 1. The summed E-state index contributed by atoms with van der Waals surface area (Å²) in [4.78, 5) is 36.7. The van der Waals surface area contributed by atoms with Gasteiger partial charge in [-0.25, -0.2) is 13.4 Å².